The zero-order chi connectivity index (χ0) is 22.6. The first-order valence-electron chi connectivity index (χ1n) is 9.54. The monoisotopic (exact) mass is 461 g/mol. The molecular weight excluding hydrogens is 438 g/mol. The zero-order valence-electron chi connectivity index (χ0n) is 17.5. The van der Waals surface area contributed by atoms with Crippen LogP contribution in [-0.2, 0) is 23.1 Å². The maximum absolute atomic E-state index is 9.19. The molecule has 3 aromatic rings. The highest BCUT2D eigenvalue weighted by atomic mass is 35.5. The molecule has 0 saturated heterocycles. The molecule has 0 atom stereocenters. The van der Waals surface area contributed by atoms with Crippen LogP contribution >= 0.6 is 11.6 Å². The third kappa shape index (κ3) is 6.20. The standard InChI is InChI=1S/C20H20ClN5.CH4O3S/c1-25(2)11-10-18-23-24-19-13-22-20(14-6-4-3-5-7-14)16-12-15(21)8-9-17(16)26(18)19;1-5(2,3)4/h3-9,12H,10-11,13H2,1-2H3;1H3,(H,2,3,4). The number of fused-ring (bicyclic) bond motifs is 3. The molecule has 164 valence electrons. The number of halogens is 1. The molecule has 0 aliphatic carbocycles. The van der Waals surface area contributed by atoms with Gasteiger partial charge in [0.15, 0.2) is 5.82 Å². The Balaban J connectivity index is 0.000000491. The van der Waals surface area contributed by atoms with Gasteiger partial charge in [-0.2, -0.15) is 8.42 Å². The van der Waals surface area contributed by atoms with Crippen LogP contribution in [0.2, 0.25) is 5.02 Å². The molecule has 8 nitrogen and oxygen atoms in total. The summed E-state index contributed by atoms with van der Waals surface area (Å²) in [6.45, 7) is 1.40. The van der Waals surface area contributed by atoms with Crippen molar-refractivity contribution in [2.24, 2.45) is 4.99 Å². The molecule has 0 radical (unpaired) electrons. The van der Waals surface area contributed by atoms with Crippen LogP contribution in [0.5, 0.6) is 0 Å². The zero-order valence-corrected chi connectivity index (χ0v) is 19.1. The molecule has 31 heavy (non-hydrogen) atoms. The smallest absolute Gasteiger partial charge is 0.261 e. The average Bonchev–Trinajstić information content (AvgIpc) is 3.01. The van der Waals surface area contributed by atoms with Crippen LogP contribution in [-0.4, -0.2) is 65.2 Å². The van der Waals surface area contributed by atoms with Crippen molar-refractivity contribution in [3.05, 3.63) is 76.3 Å². The Kier molecular flexibility index (Phi) is 7.22. The number of likely N-dealkylation sites (N-methyl/N-ethyl adjacent to an activating group) is 1. The Morgan fingerprint density at radius 2 is 1.81 bits per heavy atom. The van der Waals surface area contributed by atoms with E-state index in [1.54, 1.807) is 0 Å². The van der Waals surface area contributed by atoms with Crippen LogP contribution in [0.3, 0.4) is 0 Å². The molecular formula is C21H24ClN5O3S. The highest BCUT2D eigenvalue weighted by molar-refractivity contribution is 7.85. The quantitative estimate of drug-likeness (QED) is 0.599. The van der Waals surface area contributed by atoms with Gasteiger partial charge in [-0.05, 0) is 32.3 Å². The fourth-order valence-electron chi connectivity index (χ4n) is 3.19. The van der Waals surface area contributed by atoms with Crippen molar-refractivity contribution in [3.8, 4) is 5.69 Å². The van der Waals surface area contributed by atoms with Gasteiger partial charge >= 0.3 is 0 Å². The van der Waals surface area contributed by atoms with Gasteiger partial charge in [0.1, 0.15) is 12.4 Å². The van der Waals surface area contributed by atoms with Crippen molar-refractivity contribution in [3.63, 3.8) is 0 Å². The molecule has 0 bridgehead atoms. The lowest BCUT2D eigenvalue weighted by Crippen LogP contribution is -2.18. The van der Waals surface area contributed by atoms with E-state index in [2.05, 4.69) is 45.9 Å². The highest BCUT2D eigenvalue weighted by Crippen LogP contribution is 2.28. The number of hydrogen-bond acceptors (Lipinski definition) is 6. The normalized spacial score (nSPS) is 12.9. The van der Waals surface area contributed by atoms with E-state index in [-0.39, 0.29) is 0 Å². The lowest BCUT2D eigenvalue weighted by molar-refractivity contribution is 0.408. The largest absolute Gasteiger partial charge is 0.309 e. The second-order valence-electron chi connectivity index (χ2n) is 7.35. The van der Waals surface area contributed by atoms with E-state index in [0.717, 1.165) is 47.1 Å². The topological polar surface area (TPSA) is 101 Å². The van der Waals surface area contributed by atoms with Gasteiger partial charge in [0.05, 0.1) is 17.7 Å². The Morgan fingerprint density at radius 3 is 2.45 bits per heavy atom. The van der Waals surface area contributed by atoms with E-state index in [0.29, 0.717) is 17.8 Å². The van der Waals surface area contributed by atoms with Crippen molar-refractivity contribution >= 4 is 27.4 Å². The highest BCUT2D eigenvalue weighted by Gasteiger charge is 2.23. The molecule has 1 aliphatic heterocycles. The molecule has 10 heteroatoms. The molecule has 0 amide bonds. The van der Waals surface area contributed by atoms with Gasteiger partial charge in [0, 0.05) is 29.1 Å². The van der Waals surface area contributed by atoms with Gasteiger partial charge in [-0.3, -0.25) is 14.1 Å². The van der Waals surface area contributed by atoms with Gasteiger partial charge < -0.3 is 4.90 Å². The van der Waals surface area contributed by atoms with Gasteiger partial charge in [-0.15, -0.1) is 10.2 Å². The maximum Gasteiger partial charge on any atom is 0.261 e. The Bertz CT molecular complexity index is 1180. The van der Waals surface area contributed by atoms with Crippen molar-refractivity contribution in [1.82, 2.24) is 19.7 Å². The third-order valence-electron chi connectivity index (χ3n) is 4.46. The fourth-order valence-corrected chi connectivity index (χ4v) is 3.36. The summed E-state index contributed by atoms with van der Waals surface area (Å²) in [6.07, 6.45) is 1.54. The van der Waals surface area contributed by atoms with Crippen LogP contribution in [0.1, 0.15) is 22.8 Å². The van der Waals surface area contributed by atoms with Crippen LogP contribution in [0.25, 0.3) is 5.69 Å². The first-order valence-corrected chi connectivity index (χ1v) is 11.8. The minimum absolute atomic E-state index is 0.492. The van der Waals surface area contributed by atoms with E-state index in [1.165, 1.54) is 0 Å². The van der Waals surface area contributed by atoms with E-state index in [1.807, 2.05) is 36.4 Å². The van der Waals surface area contributed by atoms with Crippen molar-refractivity contribution in [1.29, 1.82) is 0 Å². The molecule has 2 aromatic carbocycles. The number of nitrogens with zero attached hydrogens (tertiary/aromatic N) is 5. The molecule has 0 unspecified atom stereocenters. The fraction of sp³-hybridized carbons (Fsp3) is 0.286. The average molecular weight is 462 g/mol. The summed E-state index contributed by atoms with van der Waals surface area (Å²) in [6, 6.07) is 16.1. The van der Waals surface area contributed by atoms with Crippen molar-refractivity contribution in [2.75, 3.05) is 26.9 Å². The van der Waals surface area contributed by atoms with E-state index in [4.69, 9.17) is 21.1 Å². The molecule has 2 heterocycles. The second-order valence-corrected chi connectivity index (χ2v) is 9.25. The predicted molar refractivity (Wildman–Crippen MR) is 122 cm³/mol. The molecule has 1 aliphatic rings. The number of benzene rings is 2. The van der Waals surface area contributed by atoms with Crippen LogP contribution < -0.4 is 0 Å². The van der Waals surface area contributed by atoms with Crippen molar-refractivity contribution in [2.45, 2.75) is 13.0 Å². The molecule has 1 N–H and O–H groups in total. The first kappa shape index (κ1) is 23.1. The summed E-state index contributed by atoms with van der Waals surface area (Å²) in [7, 11) is 0.452. The predicted octanol–water partition coefficient (Wildman–Crippen LogP) is 2.88. The van der Waals surface area contributed by atoms with Crippen molar-refractivity contribution < 1.29 is 13.0 Å². The SMILES string of the molecule is CN(C)CCc1nnc2n1-c1ccc(Cl)cc1C(c1ccccc1)=NC2.CS(=O)(=O)O. The molecule has 0 fully saturated rings. The number of aliphatic imine (C=N–C) groups is 1. The Morgan fingerprint density at radius 1 is 1.13 bits per heavy atom. The Labute approximate surface area is 187 Å². The molecule has 1 aromatic heterocycles. The number of rotatable bonds is 4. The van der Waals surface area contributed by atoms with E-state index >= 15 is 0 Å². The summed E-state index contributed by atoms with van der Waals surface area (Å²) in [5.41, 5.74) is 4.05. The first-order chi connectivity index (χ1) is 14.6. The second kappa shape index (κ2) is 9.69. The number of hydrogen-bond donors (Lipinski definition) is 1. The number of aromatic nitrogens is 3. The summed E-state index contributed by atoms with van der Waals surface area (Å²) in [5.74, 6) is 1.80. The molecule has 4 rings (SSSR count). The lowest BCUT2D eigenvalue weighted by atomic mass is 10.0. The maximum atomic E-state index is 9.19. The molecule has 0 spiro atoms. The summed E-state index contributed by atoms with van der Waals surface area (Å²) in [4.78, 5) is 7.00. The van der Waals surface area contributed by atoms with Crippen LogP contribution in [0, 0.1) is 0 Å². The third-order valence-corrected chi connectivity index (χ3v) is 4.70. The van der Waals surface area contributed by atoms with Gasteiger partial charge in [-0.25, -0.2) is 0 Å². The Hall–Kier alpha value is -2.59. The summed E-state index contributed by atoms with van der Waals surface area (Å²) >= 11 is 6.32. The van der Waals surface area contributed by atoms with Crippen LogP contribution in [0.15, 0.2) is 53.5 Å². The van der Waals surface area contributed by atoms with Gasteiger partial charge in [0.25, 0.3) is 10.1 Å². The van der Waals surface area contributed by atoms with Crippen LogP contribution in [0.4, 0.5) is 0 Å². The minimum Gasteiger partial charge on any atom is -0.309 e. The molecule has 0 saturated carbocycles. The lowest BCUT2D eigenvalue weighted by Gasteiger charge is -2.15. The summed E-state index contributed by atoms with van der Waals surface area (Å²) in [5, 5.41) is 9.51. The van der Waals surface area contributed by atoms with E-state index < -0.39 is 10.1 Å². The van der Waals surface area contributed by atoms with Gasteiger partial charge in [0.2, 0.25) is 0 Å². The minimum atomic E-state index is -3.67. The summed E-state index contributed by atoms with van der Waals surface area (Å²) < 4.78 is 28.0. The van der Waals surface area contributed by atoms with E-state index in [9.17, 15) is 8.42 Å². The van der Waals surface area contributed by atoms with Gasteiger partial charge in [-0.1, -0.05) is 41.9 Å².